The molecule has 1 unspecified atom stereocenters. The summed E-state index contributed by atoms with van der Waals surface area (Å²) in [5.41, 5.74) is -0.494. The van der Waals surface area contributed by atoms with Crippen LogP contribution in [-0.2, 0) is 9.53 Å². The first-order valence-corrected chi connectivity index (χ1v) is 6.53. The van der Waals surface area contributed by atoms with Crippen LogP contribution in [0.5, 0.6) is 0 Å². The minimum atomic E-state index is -0.494. The molecule has 2 amide bonds. The highest BCUT2D eigenvalue weighted by molar-refractivity contribution is 5.77. The van der Waals surface area contributed by atoms with Crippen molar-refractivity contribution in [3.8, 4) is 0 Å². The zero-order valence-electron chi connectivity index (χ0n) is 11.8. The lowest BCUT2D eigenvalue weighted by atomic mass is 9.99. The fourth-order valence-corrected chi connectivity index (χ4v) is 2.09. The Kier molecular flexibility index (Phi) is 4.99. The fourth-order valence-electron chi connectivity index (χ4n) is 2.09. The van der Waals surface area contributed by atoms with E-state index in [1.165, 1.54) is 0 Å². The SMILES string of the molecule is CNC(=O)CC1CCCCN1C(=O)OC(C)(C)C. The largest absolute Gasteiger partial charge is 0.444 e. The van der Waals surface area contributed by atoms with Gasteiger partial charge in [0.15, 0.2) is 0 Å². The maximum atomic E-state index is 12.1. The highest BCUT2D eigenvalue weighted by Crippen LogP contribution is 2.22. The lowest BCUT2D eigenvalue weighted by Crippen LogP contribution is -2.47. The Morgan fingerprint density at radius 1 is 1.33 bits per heavy atom. The number of nitrogens with one attached hydrogen (secondary N) is 1. The number of ether oxygens (including phenoxy) is 1. The highest BCUT2D eigenvalue weighted by atomic mass is 16.6. The zero-order chi connectivity index (χ0) is 13.8. The van der Waals surface area contributed by atoms with E-state index in [4.69, 9.17) is 4.74 Å². The van der Waals surface area contributed by atoms with Crippen LogP contribution in [0.15, 0.2) is 0 Å². The van der Waals surface area contributed by atoms with Crippen molar-refractivity contribution >= 4 is 12.0 Å². The summed E-state index contributed by atoms with van der Waals surface area (Å²) in [4.78, 5) is 25.2. The molecular weight excluding hydrogens is 232 g/mol. The Morgan fingerprint density at radius 2 is 2.00 bits per heavy atom. The smallest absolute Gasteiger partial charge is 0.410 e. The van der Waals surface area contributed by atoms with Gasteiger partial charge in [-0.25, -0.2) is 4.79 Å². The summed E-state index contributed by atoms with van der Waals surface area (Å²) in [6.07, 6.45) is 2.95. The van der Waals surface area contributed by atoms with Gasteiger partial charge in [-0.1, -0.05) is 0 Å². The molecule has 0 saturated carbocycles. The van der Waals surface area contributed by atoms with Crippen LogP contribution in [-0.4, -0.2) is 42.1 Å². The molecule has 0 aliphatic carbocycles. The van der Waals surface area contributed by atoms with Crippen molar-refractivity contribution in [3.63, 3.8) is 0 Å². The zero-order valence-corrected chi connectivity index (χ0v) is 11.8. The molecule has 1 rings (SSSR count). The van der Waals surface area contributed by atoms with Crippen LogP contribution >= 0.6 is 0 Å². The Balaban J connectivity index is 2.64. The molecule has 0 aromatic heterocycles. The minimum absolute atomic E-state index is 0.0320. The molecule has 1 atom stereocenters. The van der Waals surface area contributed by atoms with Crippen molar-refractivity contribution in [2.75, 3.05) is 13.6 Å². The molecule has 1 aliphatic heterocycles. The van der Waals surface area contributed by atoms with Crippen LogP contribution in [0.3, 0.4) is 0 Å². The predicted octanol–water partition coefficient (Wildman–Crippen LogP) is 1.91. The number of hydrogen-bond acceptors (Lipinski definition) is 3. The normalized spacial score (nSPS) is 20.4. The van der Waals surface area contributed by atoms with Crippen LogP contribution in [0.4, 0.5) is 4.79 Å². The second kappa shape index (κ2) is 6.07. The van der Waals surface area contributed by atoms with E-state index >= 15 is 0 Å². The fraction of sp³-hybridized carbons (Fsp3) is 0.846. The summed E-state index contributed by atoms with van der Waals surface area (Å²) >= 11 is 0. The first-order chi connectivity index (χ1) is 8.33. The molecule has 1 aliphatic rings. The van der Waals surface area contributed by atoms with E-state index in [0.717, 1.165) is 19.3 Å². The van der Waals surface area contributed by atoms with Crippen molar-refractivity contribution in [2.45, 2.75) is 58.1 Å². The number of piperidine rings is 1. The van der Waals surface area contributed by atoms with E-state index in [0.29, 0.717) is 13.0 Å². The molecule has 1 N–H and O–H groups in total. The quantitative estimate of drug-likeness (QED) is 0.821. The summed E-state index contributed by atoms with van der Waals surface area (Å²) in [7, 11) is 1.61. The number of carbonyl (C=O) groups is 2. The molecule has 0 bridgehead atoms. The van der Waals surface area contributed by atoms with Crippen molar-refractivity contribution in [3.05, 3.63) is 0 Å². The van der Waals surface area contributed by atoms with Gasteiger partial charge in [-0.2, -0.15) is 0 Å². The number of carbonyl (C=O) groups excluding carboxylic acids is 2. The molecule has 1 heterocycles. The minimum Gasteiger partial charge on any atom is -0.444 e. The van der Waals surface area contributed by atoms with E-state index in [1.807, 2.05) is 20.8 Å². The van der Waals surface area contributed by atoms with Gasteiger partial charge >= 0.3 is 6.09 Å². The molecule has 104 valence electrons. The van der Waals surface area contributed by atoms with E-state index in [-0.39, 0.29) is 18.0 Å². The second-order valence-corrected chi connectivity index (χ2v) is 5.70. The van der Waals surface area contributed by atoms with Crippen molar-refractivity contribution in [2.24, 2.45) is 0 Å². The number of hydrogen-bond donors (Lipinski definition) is 1. The second-order valence-electron chi connectivity index (χ2n) is 5.70. The number of rotatable bonds is 2. The van der Waals surface area contributed by atoms with Crippen LogP contribution < -0.4 is 5.32 Å². The van der Waals surface area contributed by atoms with Crippen LogP contribution in [0.2, 0.25) is 0 Å². The molecule has 5 heteroatoms. The molecule has 0 aromatic carbocycles. The highest BCUT2D eigenvalue weighted by Gasteiger charge is 2.31. The Morgan fingerprint density at radius 3 is 2.56 bits per heavy atom. The van der Waals surface area contributed by atoms with Gasteiger partial charge in [0.25, 0.3) is 0 Å². The topological polar surface area (TPSA) is 58.6 Å². The number of likely N-dealkylation sites (tertiary alicyclic amines) is 1. The van der Waals surface area contributed by atoms with Gasteiger partial charge < -0.3 is 15.0 Å². The average molecular weight is 256 g/mol. The molecule has 1 saturated heterocycles. The monoisotopic (exact) mass is 256 g/mol. The summed E-state index contributed by atoms with van der Waals surface area (Å²) in [6, 6.07) is -0.0338. The van der Waals surface area contributed by atoms with E-state index in [9.17, 15) is 9.59 Å². The third-order valence-electron chi connectivity index (χ3n) is 2.96. The molecule has 0 radical (unpaired) electrons. The Hall–Kier alpha value is -1.26. The van der Waals surface area contributed by atoms with Crippen LogP contribution in [0, 0.1) is 0 Å². The van der Waals surface area contributed by atoms with Crippen LogP contribution in [0.1, 0.15) is 46.5 Å². The molecular formula is C13H24N2O3. The van der Waals surface area contributed by atoms with E-state index in [1.54, 1.807) is 11.9 Å². The molecule has 5 nitrogen and oxygen atoms in total. The van der Waals surface area contributed by atoms with Crippen molar-refractivity contribution < 1.29 is 14.3 Å². The third-order valence-corrected chi connectivity index (χ3v) is 2.96. The summed E-state index contributed by atoms with van der Waals surface area (Å²) in [5.74, 6) is -0.0320. The first-order valence-electron chi connectivity index (χ1n) is 6.53. The van der Waals surface area contributed by atoms with Gasteiger partial charge in [0, 0.05) is 26.1 Å². The molecule has 0 aromatic rings. The number of amides is 2. The van der Waals surface area contributed by atoms with Gasteiger partial charge in [0.2, 0.25) is 5.91 Å². The Labute approximate surface area is 109 Å². The maximum absolute atomic E-state index is 12.1. The molecule has 1 fully saturated rings. The average Bonchev–Trinajstić information content (AvgIpc) is 2.27. The van der Waals surface area contributed by atoms with Gasteiger partial charge in [-0.3, -0.25) is 4.79 Å². The predicted molar refractivity (Wildman–Crippen MR) is 69.3 cm³/mol. The number of nitrogens with zero attached hydrogens (tertiary/aromatic N) is 1. The van der Waals surface area contributed by atoms with Gasteiger partial charge in [-0.15, -0.1) is 0 Å². The van der Waals surface area contributed by atoms with E-state index < -0.39 is 5.60 Å². The standard InChI is InChI=1S/C13H24N2O3/c1-13(2,3)18-12(17)15-8-6-5-7-10(15)9-11(16)14-4/h10H,5-9H2,1-4H3,(H,14,16). The summed E-state index contributed by atoms with van der Waals surface area (Å²) in [6.45, 7) is 6.23. The van der Waals surface area contributed by atoms with Gasteiger partial charge in [0.1, 0.15) is 5.60 Å². The van der Waals surface area contributed by atoms with E-state index in [2.05, 4.69) is 5.32 Å². The summed E-state index contributed by atoms with van der Waals surface area (Å²) < 4.78 is 5.38. The lowest BCUT2D eigenvalue weighted by Gasteiger charge is -2.36. The third kappa shape index (κ3) is 4.55. The van der Waals surface area contributed by atoms with Crippen molar-refractivity contribution in [1.29, 1.82) is 0 Å². The first kappa shape index (κ1) is 14.8. The van der Waals surface area contributed by atoms with Gasteiger partial charge in [-0.05, 0) is 40.0 Å². The van der Waals surface area contributed by atoms with Crippen molar-refractivity contribution in [1.82, 2.24) is 10.2 Å². The summed E-state index contributed by atoms with van der Waals surface area (Å²) in [5, 5.41) is 2.60. The van der Waals surface area contributed by atoms with Crippen LogP contribution in [0.25, 0.3) is 0 Å². The molecule has 18 heavy (non-hydrogen) atoms. The molecule has 0 spiro atoms. The van der Waals surface area contributed by atoms with Gasteiger partial charge in [0.05, 0.1) is 0 Å². The lowest BCUT2D eigenvalue weighted by molar-refractivity contribution is -0.122. The Bertz CT molecular complexity index is 310. The maximum Gasteiger partial charge on any atom is 0.410 e.